The molecule has 0 fully saturated rings. The van der Waals surface area contributed by atoms with Crippen molar-refractivity contribution < 1.29 is 26.7 Å². The molecule has 0 spiro atoms. The van der Waals surface area contributed by atoms with Crippen molar-refractivity contribution in [3.8, 4) is 22.6 Å². The van der Waals surface area contributed by atoms with Crippen LogP contribution in [0, 0.1) is 11.6 Å². The van der Waals surface area contributed by atoms with Gasteiger partial charge in [-0.3, -0.25) is 4.72 Å². The lowest BCUT2D eigenvalue weighted by Gasteiger charge is -2.30. The molecule has 0 saturated heterocycles. The third-order valence-electron chi connectivity index (χ3n) is 4.79. The summed E-state index contributed by atoms with van der Waals surface area (Å²) in [4.78, 5) is 0. The highest BCUT2D eigenvalue weighted by molar-refractivity contribution is 7.92. The first kappa shape index (κ1) is 20.2. The molecule has 30 heavy (non-hydrogen) atoms. The number of methoxy groups -OCH3 is 1. The maximum Gasteiger partial charge on any atom is 0.229 e. The van der Waals surface area contributed by atoms with Crippen molar-refractivity contribution in [1.82, 2.24) is 0 Å². The standard InChI is InChI=1S/C22H19F2NO4S/c1-28-19-4-3-5-20-22(19)17-7-6-16(25-30(2,26)27)12-18(17)21(29-20)10-13-8-14(23)11-15(24)9-13/h3-9,11-12,21,25H,10H2,1-2H3. The molecule has 5 nitrogen and oxygen atoms in total. The Hall–Kier alpha value is -3.13. The van der Waals surface area contributed by atoms with Crippen LogP contribution in [0.25, 0.3) is 11.1 Å². The summed E-state index contributed by atoms with van der Waals surface area (Å²) in [5.41, 5.74) is 3.02. The molecule has 0 bridgehead atoms. The van der Waals surface area contributed by atoms with Gasteiger partial charge in [-0.2, -0.15) is 0 Å². The Morgan fingerprint density at radius 1 is 1.07 bits per heavy atom. The number of nitrogens with one attached hydrogen (secondary N) is 1. The molecule has 4 rings (SSSR count). The molecule has 1 heterocycles. The maximum absolute atomic E-state index is 13.7. The van der Waals surface area contributed by atoms with Crippen molar-refractivity contribution in [2.45, 2.75) is 12.5 Å². The first-order chi connectivity index (χ1) is 14.2. The molecule has 0 radical (unpaired) electrons. The molecule has 0 saturated carbocycles. The summed E-state index contributed by atoms with van der Waals surface area (Å²) in [6.07, 6.45) is 0.677. The number of hydrogen-bond acceptors (Lipinski definition) is 4. The fourth-order valence-electron chi connectivity index (χ4n) is 3.69. The molecule has 1 unspecified atom stereocenters. The second kappa shape index (κ2) is 7.60. The van der Waals surface area contributed by atoms with Gasteiger partial charge in [0.15, 0.2) is 0 Å². The number of ether oxygens (including phenoxy) is 2. The molecule has 1 aliphatic rings. The van der Waals surface area contributed by atoms with Gasteiger partial charge in [-0.1, -0.05) is 12.1 Å². The number of benzene rings is 3. The van der Waals surface area contributed by atoms with Gasteiger partial charge in [0.25, 0.3) is 0 Å². The molecule has 0 aliphatic carbocycles. The number of fused-ring (bicyclic) bond motifs is 3. The Morgan fingerprint density at radius 3 is 2.47 bits per heavy atom. The Morgan fingerprint density at radius 2 is 1.80 bits per heavy atom. The highest BCUT2D eigenvalue weighted by Gasteiger charge is 2.29. The van der Waals surface area contributed by atoms with Crippen LogP contribution in [0.3, 0.4) is 0 Å². The molecule has 0 aromatic heterocycles. The van der Waals surface area contributed by atoms with E-state index in [4.69, 9.17) is 9.47 Å². The number of halogens is 2. The van der Waals surface area contributed by atoms with Crippen LogP contribution in [0.2, 0.25) is 0 Å². The Labute approximate surface area is 173 Å². The van der Waals surface area contributed by atoms with E-state index in [-0.39, 0.29) is 6.42 Å². The highest BCUT2D eigenvalue weighted by atomic mass is 32.2. The Kier molecular flexibility index (Phi) is 5.11. The van der Waals surface area contributed by atoms with Crippen molar-refractivity contribution in [2.24, 2.45) is 0 Å². The molecule has 3 aromatic carbocycles. The first-order valence-corrected chi connectivity index (χ1v) is 11.0. The molecule has 1 aliphatic heterocycles. The molecule has 1 N–H and O–H groups in total. The van der Waals surface area contributed by atoms with Gasteiger partial charge in [0.1, 0.15) is 29.2 Å². The van der Waals surface area contributed by atoms with Gasteiger partial charge in [0, 0.05) is 23.7 Å². The van der Waals surface area contributed by atoms with Crippen molar-refractivity contribution in [1.29, 1.82) is 0 Å². The minimum absolute atomic E-state index is 0.195. The minimum atomic E-state index is -3.48. The second-order valence-electron chi connectivity index (χ2n) is 7.10. The minimum Gasteiger partial charge on any atom is -0.496 e. The van der Waals surface area contributed by atoms with Gasteiger partial charge in [-0.25, -0.2) is 17.2 Å². The first-order valence-electron chi connectivity index (χ1n) is 9.14. The normalized spacial score (nSPS) is 15.0. The van der Waals surface area contributed by atoms with E-state index in [2.05, 4.69) is 4.72 Å². The van der Waals surface area contributed by atoms with Crippen LogP contribution in [0.15, 0.2) is 54.6 Å². The van der Waals surface area contributed by atoms with Crippen molar-refractivity contribution >= 4 is 15.7 Å². The summed E-state index contributed by atoms with van der Waals surface area (Å²) < 4.78 is 64.8. The van der Waals surface area contributed by atoms with E-state index in [1.807, 2.05) is 0 Å². The fraction of sp³-hybridized carbons (Fsp3) is 0.182. The third-order valence-corrected chi connectivity index (χ3v) is 5.40. The Balaban J connectivity index is 1.83. The lowest BCUT2D eigenvalue weighted by molar-refractivity contribution is 0.201. The molecular weight excluding hydrogens is 412 g/mol. The molecule has 0 amide bonds. The van der Waals surface area contributed by atoms with Crippen molar-refractivity contribution in [3.63, 3.8) is 0 Å². The molecule has 1 atom stereocenters. The summed E-state index contributed by atoms with van der Waals surface area (Å²) in [5.74, 6) is -0.161. The number of rotatable bonds is 5. The number of anilines is 1. The fourth-order valence-corrected chi connectivity index (χ4v) is 4.25. The smallest absolute Gasteiger partial charge is 0.229 e. The maximum atomic E-state index is 13.7. The summed E-state index contributed by atoms with van der Waals surface area (Å²) >= 11 is 0. The Bertz CT molecular complexity index is 1210. The molecule has 156 valence electrons. The van der Waals surface area contributed by atoms with E-state index in [9.17, 15) is 17.2 Å². The van der Waals surface area contributed by atoms with E-state index in [0.717, 1.165) is 23.4 Å². The van der Waals surface area contributed by atoms with Crippen LogP contribution in [-0.2, 0) is 16.4 Å². The largest absolute Gasteiger partial charge is 0.496 e. The highest BCUT2D eigenvalue weighted by Crippen LogP contribution is 2.48. The quantitative estimate of drug-likeness (QED) is 0.637. The van der Waals surface area contributed by atoms with E-state index < -0.39 is 27.8 Å². The van der Waals surface area contributed by atoms with E-state index in [1.165, 1.54) is 12.1 Å². The van der Waals surface area contributed by atoms with Gasteiger partial charge in [-0.15, -0.1) is 0 Å². The van der Waals surface area contributed by atoms with Crippen LogP contribution < -0.4 is 14.2 Å². The summed E-state index contributed by atoms with van der Waals surface area (Å²) in [6, 6.07) is 13.8. The molecule has 3 aromatic rings. The lowest BCUT2D eigenvalue weighted by Crippen LogP contribution is -2.18. The average Bonchev–Trinajstić information content (AvgIpc) is 2.65. The molecular formula is C22H19F2NO4S. The van der Waals surface area contributed by atoms with Crippen LogP contribution in [0.1, 0.15) is 17.2 Å². The van der Waals surface area contributed by atoms with Crippen molar-refractivity contribution in [2.75, 3.05) is 18.1 Å². The van der Waals surface area contributed by atoms with Gasteiger partial charge < -0.3 is 9.47 Å². The van der Waals surface area contributed by atoms with Gasteiger partial charge in [-0.05, 0) is 47.5 Å². The van der Waals surface area contributed by atoms with Gasteiger partial charge >= 0.3 is 0 Å². The number of hydrogen-bond donors (Lipinski definition) is 1. The zero-order valence-corrected chi connectivity index (χ0v) is 17.1. The van der Waals surface area contributed by atoms with Gasteiger partial charge in [0.2, 0.25) is 10.0 Å². The van der Waals surface area contributed by atoms with Crippen LogP contribution >= 0.6 is 0 Å². The van der Waals surface area contributed by atoms with Crippen molar-refractivity contribution in [3.05, 3.63) is 77.4 Å². The van der Waals surface area contributed by atoms with Crippen LogP contribution in [0.4, 0.5) is 14.5 Å². The van der Waals surface area contributed by atoms with E-state index in [1.54, 1.807) is 43.5 Å². The monoisotopic (exact) mass is 431 g/mol. The summed E-state index contributed by atoms with van der Waals surface area (Å²) in [5, 5.41) is 0. The zero-order valence-electron chi connectivity index (χ0n) is 16.3. The van der Waals surface area contributed by atoms with E-state index in [0.29, 0.717) is 28.3 Å². The summed E-state index contributed by atoms with van der Waals surface area (Å²) in [7, 11) is -1.93. The van der Waals surface area contributed by atoms with Crippen LogP contribution in [-0.4, -0.2) is 21.8 Å². The second-order valence-corrected chi connectivity index (χ2v) is 8.85. The molecule has 8 heteroatoms. The topological polar surface area (TPSA) is 64.6 Å². The number of sulfonamides is 1. The third kappa shape index (κ3) is 4.09. The average molecular weight is 431 g/mol. The lowest BCUT2D eigenvalue weighted by atomic mass is 9.89. The SMILES string of the molecule is COc1cccc2c1-c1ccc(NS(C)(=O)=O)cc1C(Cc1cc(F)cc(F)c1)O2. The van der Waals surface area contributed by atoms with Gasteiger partial charge in [0.05, 0.1) is 18.9 Å². The summed E-state index contributed by atoms with van der Waals surface area (Å²) in [6.45, 7) is 0. The van der Waals surface area contributed by atoms with E-state index >= 15 is 0 Å². The zero-order chi connectivity index (χ0) is 21.5. The van der Waals surface area contributed by atoms with Crippen LogP contribution in [0.5, 0.6) is 11.5 Å². The predicted octanol–water partition coefficient (Wildman–Crippen LogP) is 4.69. The predicted molar refractivity (Wildman–Crippen MR) is 110 cm³/mol.